The topological polar surface area (TPSA) is 0 Å². The molecule has 152 valence electrons. The number of rotatable bonds is 4. The minimum atomic E-state index is 0.619. The third-order valence-electron chi connectivity index (χ3n) is 9.49. The van der Waals surface area contributed by atoms with Crippen molar-refractivity contribution in [1.82, 2.24) is 0 Å². The fraction of sp³-hybridized carbons (Fsp3) is 0.714. The maximum atomic E-state index is 2.64. The van der Waals surface area contributed by atoms with E-state index in [1.54, 1.807) is 27.8 Å². The summed E-state index contributed by atoms with van der Waals surface area (Å²) in [7, 11) is 0. The van der Waals surface area contributed by atoms with Crippen molar-refractivity contribution in [3.63, 3.8) is 0 Å². The number of benzene rings is 1. The summed E-state index contributed by atoms with van der Waals surface area (Å²) in [6, 6.07) is 7.70. The number of hydrogen-bond acceptors (Lipinski definition) is 0. The molecular weight excluding hydrogens is 336 g/mol. The van der Waals surface area contributed by atoms with Gasteiger partial charge in [-0.3, -0.25) is 0 Å². The van der Waals surface area contributed by atoms with Crippen molar-refractivity contribution in [2.24, 2.45) is 29.1 Å². The van der Waals surface area contributed by atoms with Gasteiger partial charge in [0, 0.05) is 0 Å². The van der Waals surface area contributed by atoms with E-state index in [2.05, 4.69) is 45.9 Å². The summed E-state index contributed by atoms with van der Waals surface area (Å²) < 4.78 is 0. The van der Waals surface area contributed by atoms with E-state index in [4.69, 9.17) is 0 Å². The summed E-state index contributed by atoms with van der Waals surface area (Å²) >= 11 is 0. The van der Waals surface area contributed by atoms with E-state index in [9.17, 15) is 0 Å². The van der Waals surface area contributed by atoms with E-state index in [1.165, 1.54) is 64.2 Å². The molecule has 1 aromatic carbocycles. The van der Waals surface area contributed by atoms with Crippen LogP contribution in [0.25, 0.3) is 5.57 Å². The highest BCUT2D eigenvalue weighted by atomic mass is 14.6. The minimum absolute atomic E-state index is 0.619. The van der Waals surface area contributed by atoms with Crippen LogP contribution in [-0.4, -0.2) is 0 Å². The van der Waals surface area contributed by atoms with Gasteiger partial charge in [-0.2, -0.15) is 0 Å². The molecule has 6 atom stereocenters. The average molecular weight is 377 g/mol. The quantitative estimate of drug-likeness (QED) is 0.497. The van der Waals surface area contributed by atoms with Crippen LogP contribution in [0.15, 0.2) is 23.8 Å². The summed E-state index contributed by atoms with van der Waals surface area (Å²) in [6.45, 7) is 9.94. The molecule has 0 heterocycles. The molecule has 1 aromatic rings. The summed E-state index contributed by atoms with van der Waals surface area (Å²) in [5.41, 5.74) is 9.23. The summed E-state index contributed by atoms with van der Waals surface area (Å²) in [6.07, 6.45) is 13.9. The van der Waals surface area contributed by atoms with Crippen LogP contribution in [0.2, 0.25) is 0 Å². The second-order valence-corrected chi connectivity index (χ2v) is 11.2. The molecule has 3 fully saturated rings. The lowest BCUT2D eigenvalue weighted by molar-refractivity contribution is 0.0420. The maximum absolute atomic E-state index is 2.64. The van der Waals surface area contributed by atoms with E-state index < -0.39 is 0 Å². The van der Waals surface area contributed by atoms with Crippen molar-refractivity contribution in [3.8, 4) is 0 Å². The lowest BCUT2D eigenvalue weighted by Crippen LogP contribution is -2.41. The predicted octanol–water partition coefficient (Wildman–Crippen LogP) is 8.16. The molecule has 0 nitrogen and oxygen atoms in total. The Labute approximate surface area is 173 Å². The van der Waals surface area contributed by atoms with Crippen LogP contribution in [-0.2, 0) is 6.42 Å². The summed E-state index contributed by atoms with van der Waals surface area (Å²) in [5, 5.41) is 0. The monoisotopic (exact) mass is 376 g/mol. The van der Waals surface area contributed by atoms with E-state index in [1.807, 2.05) is 0 Å². The molecule has 0 radical (unpaired) electrons. The standard InChI is InChI=1S/C28H40/c1-5-6-18(2)15-20-8-11-22-23-13-14-28(4)19(3)7-12-27(28)26(23)17-24(21-9-10-21)25(22)16-20/h8,11,16,18-19,23,26-27H,5-7,9-10,12-15,17H2,1-4H3. The smallest absolute Gasteiger partial charge is 0.0121 e. The van der Waals surface area contributed by atoms with Crippen LogP contribution in [0.4, 0.5) is 0 Å². The van der Waals surface area contributed by atoms with Crippen LogP contribution in [0.5, 0.6) is 0 Å². The average Bonchev–Trinajstić information content (AvgIpc) is 3.46. The van der Waals surface area contributed by atoms with Crippen LogP contribution in [0, 0.1) is 29.1 Å². The largest absolute Gasteiger partial charge is 0.0658 e. The van der Waals surface area contributed by atoms with E-state index in [0.717, 1.165) is 29.6 Å². The van der Waals surface area contributed by atoms with Gasteiger partial charge in [0.2, 0.25) is 0 Å². The highest BCUT2D eigenvalue weighted by Crippen LogP contribution is 2.64. The zero-order valence-electron chi connectivity index (χ0n) is 18.7. The lowest BCUT2D eigenvalue weighted by atomic mass is 9.53. The van der Waals surface area contributed by atoms with Crippen LogP contribution in [0.3, 0.4) is 0 Å². The summed E-state index contributed by atoms with van der Waals surface area (Å²) in [5.74, 6) is 4.46. The first kappa shape index (κ1) is 19.0. The molecule has 0 saturated heterocycles. The maximum Gasteiger partial charge on any atom is -0.0121 e. The molecule has 0 aromatic heterocycles. The Bertz CT molecular complexity index is 777. The zero-order chi connectivity index (χ0) is 19.5. The normalized spacial score (nSPS) is 37.3. The molecule has 6 unspecified atom stereocenters. The van der Waals surface area contributed by atoms with Gasteiger partial charge in [0.1, 0.15) is 0 Å². The third kappa shape index (κ3) is 3.01. The van der Waals surface area contributed by atoms with E-state index in [-0.39, 0.29) is 0 Å². The molecule has 4 aliphatic rings. The third-order valence-corrected chi connectivity index (χ3v) is 9.49. The van der Waals surface area contributed by atoms with Gasteiger partial charge in [-0.15, -0.1) is 0 Å². The fourth-order valence-electron chi connectivity index (χ4n) is 7.58. The van der Waals surface area contributed by atoms with Crippen molar-refractivity contribution >= 4 is 5.57 Å². The number of allylic oxidation sites excluding steroid dienone is 2. The second-order valence-electron chi connectivity index (χ2n) is 11.2. The van der Waals surface area contributed by atoms with Crippen molar-refractivity contribution in [1.29, 1.82) is 0 Å². The first-order valence-corrected chi connectivity index (χ1v) is 12.3. The van der Waals surface area contributed by atoms with Gasteiger partial charge >= 0.3 is 0 Å². The van der Waals surface area contributed by atoms with Gasteiger partial charge in [-0.1, -0.05) is 64.3 Å². The Morgan fingerprint density at radius 1 is 1.14 bits per heavy atom. The molecule has 0 spiro atoms. The van der Waals surface area contributed by atoms with Gasteiger partial charge in [-0.25, -0.2) is 0 Å². The van der Waals surface area contributed by atoms with Crippen molar-refractivity contribution in [2.45, 2.75) is 97.8 Å². The van der Waals surface area contributed by atoms with Gasteiger partial charge < -0.3 is 0 Å². The van der Waals surface area contributed by atoms with Crippen molar-refractivity contribution < 1.29 is 0 Å². The molecule has 3 saturated carbocycles. The second kappa shape index (κ2) is 7.03. The Morgan fingerprint density at radius 2 is 1.96 bits per heavy atom. The van der Waals surface area contributed by atoms with Gasteiger partial charge in [0.15, 0.2) is 0 Å². The molecular formula is C28H40. The van der Waals surface area contributed by atoms with Crippen LogP contribution < -0.4 is 0 Å². The Balaban J connectivity index is 1.50. The molecule has 0 heteroatoms. The molecule has 28 heavy (non-hydrogen) atoms. The molecule has 5 rings (SSSR count). The highest BCUT2D eigenvalue weighted by Gasteiger charge is 2.54. The Morgan fingerprint density at radius 3 is 2.71 bits per heavy atom. The highest BCUT2D eigenvalue weighted by molar-refractivity contribution is 5.76. The Hall–Kier alpha value is -1.04. The van der Waals surface area contributed by atoms with Gasteiger partial charge in [0.05, 0.1) is 0 Å². The lowest BCUT2D eigenvalue weighted by Gasteiger charge is -2.51. The van der Waals surface area contributed by atoms with Crippen molar-refractivity contribution in [3.05, 3.63) is 40.5 Å². The van der Waals surface area contributed by atoms with Crippen LogP contribution >= 0.6 is 0 Å². The number of hydrogen-bond donors (Lipinski definition) is 0. The van der Waals surface area contributed by atoms with E-state index >= 15 is 0 Å². The molecule has 0 N–H and O–H groups in total. The Kier molecular flexibility index (Phi) is 4.76. The van der Waals surface area contributed by atoms with E-state index in [0.29, 0.717) is 5.41 Å². The minimum Gasteiger partial charge on any atom is -0.0658 e. The van der Waals surface area contributed by atoms with Gasteiger partial charge in [0.25, 0.3) is 0 Å². The number of fused-ring (bicyclic) bond motifs is 5. The zero-order valence-corrected chi connectivity index (χ0v) is 18.7. The molecule has 0 aliphatic heterocycles. The first-order valence-electron chi connectivity index (χ1n) is 12.3. The molecule has 0 bridgehead atoms. The molecule has 0 amide bonds. The summed E-state index contributed by atoms with van der Waals surface area (Å²) in [4.78, 5) is 0. The van der Waals surface area contributed by atoms with Crippen LogP contribution in [0.1, 0.15) is 108 Å². The predicted molar refractivity (Wildman–Crippen MR) is 120 cm³/mol. The first-order chi connectivity index (χ1) is 13.5. The van der Waals surface area contributed by atoms with Gasteiger partial charge in [-0.05, 0) is 109 Å². The van der Waals surface area contributed by atoms with Crippen molar-refractivity contribution in [2.75, 3.05) is 0 Å². The SMILES string of the molecule is CCCC(C)Cc1ccc2c(c1)C(=C1CC1)CC1C2CCC2(C)C(C)CCC12. The molecule has 4 aliphatic carbocycles. The fourth-order valence-corrected chi connectivity index (χ4v) is 7.58.